The molecule has 0 radical (unpaired) electrons. The first-order valence-electron chi connectivity index (χ1n) is 5.58. The van der Waals surface area contributed by atoms with Crippen LogP contribution in [0.2, 0.25) is 0 Å². The lowest BCUT2D eigenvalue weighted by molar-refractivity contribution is 0.0815. The minimum atomic E-state index is -0.0318. The number of fused-ring (bicyclic) bond motifs is 1. The van der Waals surface area contributed by atoms with Crippen LogP contribution in [-0.2, 0) is 13.0 Å². The molecule has 0 saturated heterocycles. The van der Waals surface area contributed by atoms with Crippen molar-refractivity contribution in [3.63, 3.8) is 0 Å². The fourth-order valence-corrected chi connectivity index (χ4v) is 2.28. The Bertz CT molecular complexity index is 556. The van der Waals surface area contributed by atoms with Crippen molar-refractivity contribution in [2.75, 3.05) is 5.73 Å². The molecule has 17 heavy (non-hydrogen) atoms. The highest BCUT2D eigenvalue weighted by Gasteiger charge is 2.26. The summed E-state index contributed by atoms with van der Waals surface area (Å²) in [5.74, 6) is 0.247. The maximum atomic E-state index is 12.2. The number of hydrogen-bond donors (Lipinski definition) is 1. The molecular formula is C11H13N5O. The van der Waals surface area contributed by atoms with E-state index < -0.39 is 0 Å². The van der Waals surface area contributed by atoms with Gasteiger partial charge in [0.1, 0.15) is 0 Å². The van der Waals surface area contributed by atoms with Crippen molar-refractivity contribution in [3.8, 4) is 0 Å². The predicted molar refractivity (Wildman–Crippen MR) is 61.3 cm³/mol. The lowest BCUT2D eigenvalue weighted by atomic mass is 9.95. The van der Waals surface area contributed by atoms with Crippen LogP contribution in [0.25, 0.3) is 0 Å². The Kier molecular flexibility index (Phi) is 2.21. The maximum absolute atomic E-state index is 12.2. The van der Waals surface area contributed by atoms with Gasteiger partial charge in [-0.3, -0.25) is 9.36 Å². The van der Waals surface area contributed by atoms with Gasteiger partial charge in [0.05, 0.1) is 6.33 Å². The molecule has 0 spiro atoms. The number of hydrogen-bond acceptors (Lipinski definition) is 4. The minimum Gasteiger partial charge on any atom is -0.369 e. The molecule has 3 rings (SSSR count). The number of carbonyl (C=O) groups is 1. The molecule has 3 heterocycles. The number of carbonyl (C=O) groups excluding carboxylic acids is 1. The van der Waals surface area contributed by atoms with E-state index in [0.29, 0.717) is 0 Å². The number of nitrogens with two attached hydrogens (primary N) is 1. The van der Waals surface area contributed by atoms with E-state index in [1.54, 1.807) is 12.4 Å². The largest absolute Gasteiger partial charge is 0.369 e. The second-order valence-electron chi connectivity index (χ2n) is 4.26. The van der Waals surface area contributed by atoms with Crippen LogP contribution < -0.4 is 5.73 Å². The summed E-state index contributed by atoms with van der Waals surface area (Å²) in [6.07, 6.45) is 8.32. The van der Waals surface area contributed by atoms with Crippen LogP contribution in [0, 0.1) is 5.92 Å². The molecule has 1 atom stereocenters. The van der Waals surface area contributed by atoms with Gasteiger partial charge in [0.2, 0.25) is 11.9 Å². The Hall–Kier alpha value is -2.11. The van der Waals surface area contributed by atoms with Crippen molar-refractivity contribution >= 4 is 11.9 Å². The van der Waals surface area contributed by atoms with Crippen molar-refractivity contribution in [3.05, 3.63) is 30.6 Å². The zero-order valence-electron chi connectivity index (χ0n) is 9.28. The van der Waals surface area contributed by atoms with Gasteiger partial charge in [0, 0.05) is 43.2 Å². The monoisotopic (exact) mass is 231 g/mol. The molecule has 0 amide bonds. The van der Waals surface area contributed by atoms with Crippen LogP contribution >= 0.6 is 0 Å². The Morgan fingerprint density at radius 3 is 3.18 bits per heavy atom. The molecule has 6 heteroatoms. The quantitative estimate of drug-likeness (QED) is 0.778. The van der Waals surface area contributed by atoms with Gasteiger partial charge in [-0.25, -0.2) is 9.97 Å². The third-order valence-electron chi connectivity index (χ3n) is 3.23. The highest BCUT2D eigenvalue weighted by molar-refractivity contribution is 5.83. The van der Waals surface area contributed by atoms with E-state index in [-0.39, 0.29) is 17.8 Å². The van der Waals surface area contributed by atoms with Crippen LogP contribution in [0.1, 0.15) is 16.9 Å². The molecule has 88 valence electrons. The highest BCUT2D eigenvalue weighted by Crippen LogP contribution is 2.22. The summed E-state index contributed by atoms with van der Waals surface area (Å²) >= 11 is 0. The van der Waals surface area contributed by atoms with Crippen LogP contribution in [0.3, 0.4) is 0 Å². The van der Waals surface area contributed by atoms with E-state index in [4.69, 9.17) is 5.73 Å². The normalized spacial score (nSPS) is 18.9. The van der Waals surface area contributed by atoms with E-state index in [0.717, 1.165) is 25.1 Å². The number of rotatable bonds is 1. The van der Waals surface area contributed by atoms with Crippen molar-refractivity contribution in [1.29, 1.82) is 0 Å². The topological polar surface area (TPSA) is 78.7 Å². The van der Waals surface area contributed by atoms with E-state index in [2.05, 4.69) is 14.5 Å². The zero-order chi connectivity index (χ0) is 11.8. The Morgan fingerprint density at radius 2 is 2.41 bits per heavy atom. The molecule has 0 aliphatic carbocycles. The first-order valence-corrected chi connectivity index (χ1v) is 5.58. The van der Waals surface area contributed by atoms with Gasteiger partial charge >= 0.3 is 0 Å². The summed E-state index contributed by atoms with van der Waals surface area (Å²) in [5.41, 5.74) is 6.74. The number of aromatic nitrogens is 4. The van der Waals surface area contributed by atoms with Gasteiger partial charge in [-0.2, -0.15) is 0 Å². The van der Waals surface area contributed by atoms with Crippen molar-refractivity contribution in [2.24, 2.45) is 5.92 Å². The summed E-state index contributed by atoms with van der Waals surface area (Å²) in [7, 11) is 0. The summed E-state index contributed by atoms with van der Waals surface area (Å²) in [5, 5.41) is 0. The second-order valence-corrected chi connectivity index (χ2v) is 4.26. The van der Waals surface area contributed by atoms with E-state index in [9.17, 15) is 4.79 Å². The number of imidazole rings is 2. The molecule has 2 aromatic heterocycles. The molecule has 1 unspecified atom stereocenters. The molecule has 2 aromatic rings. The van der Waals surface area contributed by atoms with Crippen LogP contribution in [0.5, 0.6) is 0 Å². The molecule has 2 N–H and O–H groups in total. The Balaban J connectivity index is 1.84. The van der Waals surface area contributed by atoms with Gasteiger partial charge in [-0.1, -0.05) is 0 Å². The third kappa shape index (κ3) is 1.61. The molecule has 0 aromatic carbocycles. The maximum Gasteiger partial charge on any atom is 0.237 e. The van der Waals surface area contributed by atoms with Gasteiger partial charge < -0.3 is 10.3 Å². The molecule has 1 aliphatic rings. The third-order valence-corrected chi connectivity index (χ3v) is 3.23. The highest BCUT2D eigenvalue weighted by atomic mass is 16.2. The standard InChI is InChI=1S/C11H13N5O/c12-11-14-2-4-16(11)10(17)8-1-3-15-7-13-6-9(15)5-8/h2,4,6-8H,1,3,5H2,(H2,12,14). The number of nitrogens with zero attached hydrogens (tertiary/aromatic N) is 4. The van der Waals surface area contributed by atoms with Gasteiger partial charge in [-0.15, -0.1) is 0 Å². The van der Waals surface area contributed by atoms with Crippen molar-refractivity contribution in [2.45, 2.75) is 19.4 Å². The molecule has 0 saturated carbocycles. The molecule has 0 fully saturated rings. The predicted octanol–water partition coefficient (Wildman–Crippen LogP) is 0.565. The number of nitrogen functional groups attached to an aromatic ring is 1. The summed E-state index contributed by atoms with van der Waals surface area (Å²) in [4.78, 5) is 20.2. The Morgan fingerprint density at radius 1 is 1.53 bits per heavy atom. The van der Waals surface area contributed by atoms with Gasteiger partial charge in [0.25, 0.3) is 0 Å². The molecular weight excluding hydrogens is 218 g/mol. The first-order chi connectivity index (χ1) is 8.25. The summed E-state index contributed by atoms with van der Waals surface area (Å²) in [6.45, 7) is 0.834. The summed E-state index contributed by atoms with van der Waals surface area (Å²) in [6, 6.07) is 0. The molecule has 6 nitrogen and oxygen atoms in total. The molecule has 0 bridgehead atoms. The number of aryl methyl sites for hydroxylation is 1. The Labute approximate surface area is 98.1 Å². The second kappa shape index (κ2) is 3.73. The fraction of sp³-hybridized carbons (Fsp3) is 0.364. The van der Waals surface area contributed by atoms with Crippen LogP contribution in [-0.4, -0.2) is 25.0 Å². The SMILES string of the molecule is Nc1nccn1C(=O)C1CCn2cncc2C1. The van der Waals surface area contributed by atoms with E-state index in [1.165, 1.54) is 4.57 Å². The number of anilines is 1. The van der Waals surface area contributed by atoms with E-state index in [1.807, 2.05) is 12.5 Å². The van der Waals surface area contributed by atoms with Crippen molar-refractivity contribution < 1.29 is 4.79 Å². The summed E-state index contributed by atoms with van der Waals surface area (Å²) < 4.78 is 3.51. The lowest BCUT2D eigenvalue weighted by Gasteiger charge is -2.22. The van der Waals surface area contributed by atoms with Crippen molar-refractivity contribution in [1.82, 2.24) is 19.1 Å². The molecule has 1 aliphatic heterocycles. The van der Waals surface area contributed by atoms with Crippen LogP contribution in [0.15, 0.2) is 24.9 Å². The average Bonchev–Trinajstić information content (AvgIpc) is 2.95. The zero-order valence-corrected chi connectivity index (χ0v) is 9.28. The van der Waals surface area contributed by atoms with Gasteiger partial charge in [0.15, 0.2) is 0 Å². The van der Waals surface area contributed by atoms with Gasteiger partial charge in [-0.05, 0) is 6.42 Å². The first kappa shape index (κ1) is 10.1. The average molecular weight is 231 g/mol. The fourth-order valence-electron chi connectivity index (χ4n) is 2.28. The smallest absolute Gasteiger partial charge is 0.237 e. The van der Waals surface area contributed by atoms with E-state index >= 15 is 0 Å². The van der Waals surface area contributed by atoms with Crippen LogP contribution in [0.4, 0.5) is 5.95 Å². The minimum absolute atomic E-state index is 0.0208. The lowest BCUT2D eigenvalue weighted by Crippen LogP contribution is -2.29.